The van der Waals surface area contributed by atoms with Crippen LogP contribution in [0.2, 0.25) is 5.02 Å². The molecule has 2 N–H and O–H groups in total. The monoisotopic (exact) mass is 692 g/mol. The summed E-state index contributed by atoms with van der Waals surface area (Å²) in [6.07, 6.45) is 7.21. The van der Waals surface area contributed by atoms with Crippen molar-refractivity contribution in [3.05, 3.63) is 65.3 Å². The zero-order chi connectivity index (χ0) is 34.0. The van der Waals surface area contributed by atoms with Gasteiger partial charge in [-0.15, -0.1) is 0 Å². The number of aromatic nitrogens is 2. The number of piperidine rings is 1. The van der Waals surface area contributed by atoms with Crippen LogP contribution < -0.4 is 25.6 Å². The van der Waals surface area contributed by atoms with Gasteiger partial charge in [-0.05, 0) is 71.0 Å². The molecule has 0 saturated carbocycles. The van der Waals surface area contributed by atoms with Gasteiger partial charge in [-0.3, -0.25) is 9.69 Å². The highest BCUT2D eigenvalue weighted by Gasteiger charge is 2.37. The Morgan fingerprint density at radius 2 is 1.88 bits per heavy atom. The summed E-state index contributed by atoms with van der Waals surface area (Å²) in [6, 6.07) is 12.4. The summed E-state index contributed by atoms with van der Waals surface area (Å²) in [4.78, 5) is 30.8. The number of likely N-dealkylation sites (tertiary alicyclic amines) is 1. The van der Waals surface area contributed by atoms with Gasteiger partial charge in [-0.25, -0.2) is 4.98 Å². The molecule has 0 radical (unpaired) electrons. The van der Waals surface area contributed by atoms with Gasteiger partial charge in [0.2, 0.25) is 11.9 Å². The van der Waals surface area contributed by atoms with E-state index in [0.29, 0.717) is 35.1 Å². The van der Waals surface area contributed by atoms with Crippen LogP contribution in [0.5, 0.6) is 5.75 Å². The molecule has 0 aliphatic carbocycles. The van der Waals surface area contributed by atoms with E-state index in [9.17, 15) is 9.36 Å². The minimum Gasteiger partial charge on any atom is -0.489 e. The Balaban J connectivity index is 1.09. The summed E-state index contributed by atoms with van der Waals surface area (Å²) in [7, 11) is 1.47. The first-order chi connectivity index (χ1) is 23.0. The molecule has 256 valence electrons. The molecule has 1 amide bonds. The van der Waals surface area contributed by atoms with Crippen LogP contribution in [-0.2, 0) is 9.36 Å². The lowest BCUT2D eigenvalue weighted by Gasteiger charge is -2.49. The van der Waals surface area contributed by atoms with Gasteiger partial charge in [0.05, 0.1) is 23.6 Å². The second-order valence-corrected chi connectivity index (χ2v) is 17.1. The topological polar surface area (TPSA) is 106 Å². The normalized spacial score (nSPS) is 18.9. The van der Waals surface area contributed by atoms with E-state index in [4.69, 9.17) is 16.3 Å². The van der Waals surface area contributed by atoms with Crippen LogP contribution in [-0.4, -0.2) is 116 Å². The number of likely N-dealkylation sites (N-methyl/N-ethyl adjacent to an activating group) is 1. The second kappa shape index (κ2) is 14.5. The molecular weight excluding hydrogens is 647 g/mol. The first-order valence-electron chi connectivity index (χ1n) is 16.6. The highest BCUT2D eigenvalue weighted by atomic mass is 35.5. The van der Waals surface area contributed by atoms with Crippen LogP contribution in [0.25, 0.3) is 0 Å². The van der Waals surface area contributed by atoms with Crippen LogP contribution >= 0.6 is 18.7 Å². The van der Waals surface area contributed by atoms with Gasteiger partial charge in [-0.2, -0.15) is 4.98 Å². The summed E-state index contributed by atoms with van der Waals surface area (Å²) in [5.41, 5.74) is 3.78. The van der Waals surface area contributed by atoms with Crippen LogP contribution in [0.3, 0.4) is 0 Å². The molecular formula is C35H46ClN8O3P. The molecule has 0 bridgehead atoms. The maximum absolute atomic E-state index is 12.9. The fraction of sp³-hybridized carbons (Fsp3) is 0.457. The zero-order valence-electron chi connectivity index (χ0n) is 28.4. The van der Waals surface area contributed by atoms with Crippen molar-refractivity contribution in [2.45, 2.75) is 31.8 Å². The Kier molecular flexibility index (Phi) is 10.3. The molecule has 1 aromatic heterocycles. The minimum absolute atomic E-state index is 0.119. The largest absolute Gasteiger partial charge is 0.489 e. The van der Waals surface area contributed by atoms with Crippen molar-refractivity contribution in [1.82, 2.24) is 24.7 Å². The molecule has 3 aliphatic heterocycles. The zero-order valence-corrected chi connectivity index (χ0v) is 30.1. The third-order valence-electron chi connectivity index (χ3n) is 9.26. The standard InChI is InChI=1S/C35H46ClN8O3P/c1-24-19-25(38-35-37-21-28(36)34(40-35)39-29-9-6-7-10-31(29)48(4,5)46)20-30-33(24)44-18-17-43(22-27(44)23-47-30)26-12-15-42(16-13-26)32(45)11-8-14-41(2)3/h6-11,19-21,26-27H,12-18,22-23H2,1-5H3,(H2,37,38,39,40)/b11-8+/t27-/m1/s1. The summed E-state index contributed by atoms with van der Waals surface area (Å²) in [6.45, 7) is 11.5. The molecule has 2 aromatic carbocycles. The van der Waals surface area contributed by atoms with Gasteiger partial charge in [0.15, 0.2) is 5.82 Å². The number of piperazine rings is 1. The number of aryl methyl sites for hydroxylation is 1. The van der Waals surface area contributed by atoms with Crippen molar-refractivity contribution in [1.29, 1.82) is 0 Å². The molecule has 4 heterocycles. The van der Waals surface area contributed by atoms with E-state index in [1.54, 1.807) is 25.6 Å². The van der Waals surface area contributed by atoms with Crippen LogP contribution in [0.1, 0.15) is 18.4 Å². The Morgan fingerprint density at radius 1 is 1.10 bits per heavy atom. The van der Waals surface area contributed by atoms with Crippen molar-refractivity contribution < 1.29 is 14.1 Å². The maximum Gasteiger partial charge on any atom is 0.246 e. The molecule has 13 heteroatoms. The lowest BCUT2D eigenvalue weighted by atomic mass is 9.98. The Hall–Kier alpha value is -3.63. The number of carbonyl (C=O) groups excluding carboxylic acids is 1. The number of para-hydroxylation sites is 1. The molecule has 3 aromatic rings. The van der Waals surface area contributed by atoms with Gasteiger partial charge >= 0.3 is 0 Å². The number of anilines is 5. The van der Waals surface area contributed by atoms with Gasteiger partial charge in [0, 0.05) is 68.4 Å². The molecule has 6 rings (SSSR count). The van der Waals surface area contributed by atoms with Crippen molar-refractivity contribution in [2.24, 2.45) is 0 Å². The number of fused-ring (bicyclic) bond motifs is 3. The van der Waals surface area contributed by atoms with E-state index >= 15 is 0 Å². The van der Waals surface area contributed by atoms with Gasteiger partial charge in [0.1, 0.15) is 24.5 Å². The number of benzene rings is 2. The first kappa shape index (κ1) is 34.2. The van der Waals surface area contributed by atoms with Crippen molar-refractivity contribution >= 4 is 58.8 Å². The molecule has 2 fully saturated rings. The number of carbonyl (C=O) groups is 1. The Bertz CT molecular complexity index is 1720. The predicted molar refractivity (Wildman–Crippen MR) is 196 cm³/mol. The molecule has 11 nitrogen and oxygen atoms in total. The fourth-order valence-corrected chi connectivity index (χ4v) is 8.17. The highest BCUT2D eigenvalue weighted by molar-refractivity contribution is 7.70. The fourth-order valence-electron chi connectivity index (χ4n) is 6.87. The van der Waals surface area contributed by atoms with E-state index < -0.39 is 7.14 Å². The van der Waals surface area contributed by atoms with Crippen LogP contribution in [0, 0.1) is 6.92 Å². The van der Waals surface area contributed by atoms with Gasteiger partial charge < -0.3 is 34.6 Å². The molecule has 1 atom stereocenters. The number of nitrogens with zero attached hydrogens (tertiary/aromatic N) is 6. The van der Waals surface area contributed by atoms with Gasteiger partial charge in [0.25, 0.3) is 0 Å². The molecule has 0 spiro atoms. The lowest BCUT2D eigenvalue weighted by Crippen LogP contribution is -2.60. The number of hydrogen-bond acceptors (Lipinski definition) is 10. The SMILES string of the molecule is Cc1cc(Nc2ncc(Cl)c(Nc3ccccc3P(C)(C)=O)n2)cc2c1N1CCN(C3CCN(C(=O)/C=C/CN(C)C)CC3)C[C@@H]1CO2. The highest BCUT2D eigenvalue weighted by Crippen LogP contribution is 2.42. The first-order valence-corrected chi connectivity index (χ1v) is 19.5. The number of rotatable bonds is 9. The van der Waals surface area contributed by atoms with Crippen molar-refractivity contribution in [3.63, 3.8) is 0 Å². The molecule has 2 saturated heterocycles. The molecule has 48 heavy (non-hydrogen) atoms. The van der Waals surface area contributed by atoms with E-state index in [2.05, 4.69) is 43.4 Å². The average Bonchev–Trinajstić information content (AvgIpc) is 3.05. The third-order valence-corrected chi connectivity index (χ3v) is 11.1. The molecule has 3 aliphatic rings. The van der Waals surface area contributed by atoms with E-state index in [0.717, 1.165) is 80.1 Å². The van der Waals surface area contributed by atoms with E-state index in [1.165, 1.54) is 0 Å². The summed E-state index contributed by atoms with van der Waals surface area (Å²) in [5, 5.41) is 7.68. The summed E-state index contributed by atoms with van der Waals surface area (Å²) < 4.78 is 19.3. The average molecular weight is 693 g/mol. The lowest BCUT2D eigenvalue weighted by molar-refractivity contribution is -0.127. The smallest absolute Gasteiger partial charge is 0.246 e. The summed E-state index contributed by atoms with van der Waals surface area (Å²) in [5.74, 6) is 1.78. The second-order valence-electron chi connectivity index (χ2n) is 13.5. The Labute approximate surface area is 288 Å². The number of ether oxygens (including phenoxy) is 1. The number of hydrogen-bond donors (Lipinski definition) is 2. The maximum atomic E-state index is 12.9. The Morgan fingerprint density at radius 3 is 2.62 bits per heavy atom. The minimum atomic E-state index is -2.53. The van der Waals surface area contributed by atoms with Crippen molar-refractivity contribution in [3.8, 4) is 5.75 Å². The van der Waals surface area contributed by atoms with Crippen LogP contribution in [0.15, 0.2) is 54.7 Å². The van der Waals surface area contributed by atoms with Crippen molar-refractivity contribution in [2.75, 3.05) is 88.8 Å². The van der Waals surface area contributed by atoms with E-state index in [-0.39, 0.29) is 11.9 Å². The number of nitrogens with one attached hydrogen (secondary N) is 2. The van der Waals surface area contributed by atoms with Gasteiger partial charge in [-0.1, -0.05) is 29.8 Å². The summed E-state index contributed by atoms with van der Waals surface area (Å²) >= 11 is 6.47. The van der Waals surface area contributed by atoms with Crippen LogP contribution in [0.4, 0.5) is 28.8 Å². The predicted octanol–water partition coefficient (Wildman–Crippen LogP) is 5.17. The quantitative estimate of drug-likeness (QED) is 0.231. The van der Waals surface area contributed by atoms with E-state index in [1.807, 2.05) is 60.3 Å². The number of halogens is 1. The number of amides is 1. The molecule has 0 unspecified atom stereocenters. The third kappa shape index (κ3) is 7.81.